The summed E-state index contributed by atoms with van der Waals surface area (Å²) in [4.78, 5) is 0. The van der Waals surface area contributed by atoms with Gasteiger partial charge in [0.2, 0.25) is 5.76 Å². The maximum Gasteiger partial charge on any atom is 0.457 e. The molecule has 0 N–H and O–H groups in total. The second-order valence-electron chi connectivity index (χ2n) is 1.29. The molecule has 0 aliphatic heterocycles. The van der Waals surface area contributed by atoms with E-state index in [-0.39, 0.29) is 0 Å². The molecule has 0 saturated carbocycles. The Bertz CT molecular complexity index is 174. The van der Waals surface area contributed by atoms with Crippen LogP contribution in [0.25, 0.3) is 0 Å². The number of halogens is 3. The molecule has 0 heterocycles. The topological polar surface area (TPSA) is 9.23 Å². The van der Waals surface area contributed by atoms with E-state index in [2.05, 4.69) is 17.9 Å². The first-order valence-electron chi connectivity index (χ1n) is 2.27. The minimum Gasteiger partial charge on any atom is -0.453 e. The summed E-state index contributed by atoms with van der Waals surface area (Å²) in [5, 5.41) is 0. The van der Waals surface area contributed by atoms with Crippen molar-refractivity contribution in [1.82, 2.24) is 0 Å². The first-order valence-corrected chi connectivity index (χ1v) is 2.27. The van der Waals surface area contributed by atoms with Gasteiger partial charge in [-0.15, -0.1) is 0 Å². The minimum absolute atomic E-state index is 0.668. The van der Waals surface area contributed by atoms with Gasteiger partial charge in [0.25, 0.3) is 0 Å². The van der Waals surface area contributed by atoms with Gasteiger partial charge in [-0.2, -0.15) is 13.2 Å². The van der Waals surface area contributed by atoms with E-state index in [4.69, 9.17) is 0 Å². The van der Waals surface area contributed by atoms with Crippen molar-refractivity contribution >= 4 is 0 Å². The molecule has 0 fully saturated rings. The van der Waals surface area contributed by atoms with Crippen molar-refractivity contribution in [2.24, 2.45) is 0 Å². The minimum atomic E-state index is -4.53. The average molecular weight is 150 g/mol. The summed E-state index contributed by atoms with van der Waals surface area (Å²) in [6.07, 6.45) is -3.86. The summed E-state index contributed by atoms with van der Waals surface area (Å²) < 4.78 is 38.7. The Labute approximate surface area is 56.1 Å². The number of allylic oxidation sites excluding steroid dienone is 1. The fourth-order valence-corrected chi connectivity index (χ4v) is 0.292. The molecule has 0 atom stereocenters. The van der Waals surface area contributed by atoms with Crippen LogP contribution in [0.1, 0.15) is 0 Å². The second kappa shape index (κ2) is 3.13. The molecule has 4 heteroatoms. The Morgan fingerprint density at radius 1 is 1.50 bits per heavy atom. The smallest absolute Gasteiger partial charge is 0.453 e. The molecule has 1 nitrogen and oxygen atoms in total. The molecule has 0 aromatic carbocycles. The van der Waals surface area contributed by atoms with Crippen LogP contribution in [0.3, 0.4) is 0 Å². The number of rotatable bonds is 2. The Hall–Kier alpha value is -1.15. The van der Waals surface area contributed by atoms with Gasteiger partial charge >= 0.3 is 6.18 Å². The van der Waals surface area contributed by atoms with Crippen LogP contribution < -0.4 is 0 Å². The van der Waals surface area contributed by atoms with E-state index in [0.717, 1.165) is 0 Å². The fourth-order valence-electron chi connectivity index (χ4n) is 0.292. The van der Waals surface area contributed by atoms with E-state index in [0.29, 0.717) is 6.26 Å². The fraction of sp³-hybridized carbons (Fsp3) is 0.167. The number of alkyl halides is 3. The molecule has 0 spiro atoms. The molecule has 0 amide bonds. The third-order valence-corrected chi connectivity index (χ3v) is 0.619. The second-order valence-corrected chi connectivity index (χ2v) is 1.29. The Morgan fingerprint density at radius 3 is 2.10 bits per heavy atom. The summed E-state index contributed by atoms with van der Waals surface area (Å²) in [5.74, 6) is -1.28. The standard InChI is InChI=1S/C6H5F3O/c1-3-5(10-4-2)6(7,8)9/h4H,1-2H2. The average Bonchev–Trinajstić information content (AvgIpc) is 1.80. The Balaban J connectivity index is 4.39. The zero-order valence-electron chi connectivity index (χ0n) is 5.03. The largest absolute Gasteiger partial charge is 0.457 e. The van der Waals surface area contributed by atoms with Gasteiger partial charge in [-0.05, 0) is 0 Å². The molecule has 0 bridgehead atoms. The molecule has 0 aromatic heterocycles. The van der Waals surface area contributed by atoms with E-state index >= 15 is 0 Å². The van der Waals surface area contributed by atoms with Gasteiger partial charge in [0, 0.05) is 0 Å². The molecule has 0 aliphatic rings. The highest BCUT2D eigenvalue weighted by atomic mass is 19.4. The first-order chi connectivity index (χ1) is 4.52. The van der Waals surface area contributed by atoms with Crippen LogP contribution in [0.4, 0.5) is 13.2 Å². The van der Waals surface area contributed by atoms with Crippen molar-refractivity contribution in [2.45, 2.75) is 6.18 Å². The molecule has 0 saturated heterocycles. The molecular formula is C6H5F3O. The van der Waals surface area contributed by atoms with Gasteiger partial charge in [0.05, 0.1) is 6.26 Å². The van der Waals surface area contributed by atoms with Crippen LogP contribution in [-0.4, -0.2) is 6.18 Å². The van der Waals surface area contributed by atoms with Crippen molar-refractivity contribution in [3.63, 3.8) is 0 Å². The highest BCUT2D eigenvalue weighted by Crippen LogP contribution is 2.25. The van der Waals surface area contributed by atoms with Crippen LogP contribution in [0.5, 0.6) is 0 Å². The van der Waals surface area contributed by atoms with E-state index in [1.165, 1.54) is 0 Å². The molecule has 0 radical (unpaired) electrons. The van der Waals surface area contributed by atoms with Gasteiger partial charge in [-0.3, -0.25) is 0 Å². The summed E-state index contributed by atoms with van der Waals surface area (Å²) in [5.41, 5.74) is 1.59. The number of hydrogen-bond acceptors (Lipinski definition) is 1. The third-order valence-electron chi connectivity index (χ3n) is 0.619. The summed E-state index contributed by atoms with van der Waals surface area (Å²) in [6, 6.07) is 0. The Kier molecular flexibility index (Phi) is 2.77. The SMILES string of the molecule is C=C=C(OC=C)C(F)(F)F. The molecule has 0 aliphatic carbocycles. The summed E-state index contributed by atoms with van der Waals surface area (Å²) in [6.45, 7) is 5.74. The lowest BCUT2D eigenvalue weighted by molar-refractivity contribution is -0.121. The van der Waals surface area contributed by atoms with Crippen molar-refractivity contribution in [3.05, 3.63) is 30.9 Å². The highest BCUT2D eigenvalue weighted by molar-refractivity contribution is 4.98. The lowest BCUT2D eigenvalue weighted by atomic mass is 10.5. The van der Waals surface area contributed by atoms with E-state index in [1.54, 1.807) is 5.73 Å². The zero-order valence-corrected chi connectivity index (χ0v) is 5.03. The molecular weight excluding hydrogens is 145 g/mol. The van der Waals surface area contributed by atoms with Crippen LogP contribution in [0.15, 0.2) is 30.9 Å². The van der Waals surface area contributed by atoms with Gasteiger partial charge < -0.3 is 4.74 Å². The van der Waals surface area contributed by atoms with Crippen LogP contribution in [0, 0.1) is 0 Å². The lowest BCUT2D eigenvalue weighted by Crippen LogP contribution is -2.11. The predicted molar refractivity (Wildman–Crippen MR) is 30.0 cm³/mol. The van der Waals surface area contributed by atoms with E-state index in [9.17, 15) is 13.2 Å². The van der Waals surface area contributed by atoms with Gasteiger partial charge in [-0.25, -0.2) is 0 Å². The summed E-state index contributed by atoms with van der Waals surface area (Å²) in [7, 11) is 0. The monoisotopic (exact) mass is 150 g/mol. The zero-order chi connectivity index (χ0) is 8.20. The van der Waals surface area contributed by atoms with Gasteiger partial charge in [0.1, 0.15) is 0 Å². The first kappa shape index (κ1) is 8.85. The lowest BCUT2D eigenvalue weighted by Gasteiger charge is -2.05. The normalized spacial score (nSPS) is 9.90. The van der Waals surface area contributed by atoms with Crippen LogP contribution in [-0.2, 0) is 4.74 Å². The maximum absolute atomic E-state index is 11.6. The summed E-state index contributed by atoms with van der Waals surface area (Å²) >= 11 is 0. The molecule has 0 rings (SSSR count). The molecule has 56 valence electrons. The predicted octanol–water partition coefficient (Wildman–Crippen LogP) is 2.38. The van der Waals surface area contributed by atoms with Crippen LogP contribution in [0.2, 0.25) is 0 Å². The van der Waals surface area contributed by atoms with Crippen molar-refractivity contribution < 1.29 is 17.9 Å². The van der Waals surface area contributed by atoms with E-state index in [1.807, 2.05) is 0 Å². The van der Waals surface area contributed by atoms with Crippen molar-refractivity contribution in [1.29, 1.82) is 0 Å². The van der Waals surface area contributed by atoms with Crippen LogP contribution >= 0.6 is 0 Å². The molecule has 0 unspecified atom stereocenters. The third kappa shape index (κ3) is 2.42. The Morgan fingerprint density at radius 2 is 2.00 bits per heavy atom. The van der Waals surface area contributed by atoms with Gasteiger partial charge in [-0.1, -0.05) is 18.9 Å². The van der Waals surface area contributed by atoms with Gasteiger partial charge in [0.15, 0.2) is 0 Å². The quantitative estimate of drug-likeness (QED) is 0.433. The van der Waals surface area contributed by atoms with Crippen molar-refractivity contribution in [3.8, 4) is 0 Å². The van der Waals surface area contributed by atoms with Crippen molar-refractivity contribution in [2.75, 3.05) is 0 Å². The molecule has 0 aromatic rings. The van der Waals surface area contributed by atoms with E-state index < -0.39 is 11.9 Å². The highest BCUT2D eigenvalue weighted by Gasteiger charge is 2.35. The molecule has 10 heavy (non-hydrogen) atoms. The number of hydrogen-bond donors (Lipinski definition) is 0. The number of ether oxygens (including phenoxy) is 1. The maximum atomic E-state index is 11.6.